The zero-order valence-corrected chi connectivity index (χ0v) is 19.3. The van der Waals surface area contributed by atoms with Crippen LogP contribution in [-0.4, -0.2) is 50.1 Å². The minimum atomic E-state index is -3.68. The van der Waals surface area contributed by atoms with Crippen LogP contribution in [0, 0.1) is 0 Å². The molecular formula is C24H25N3O5S. The van der Waals surface area contributed by atoms with E-state index in [2.05, 4.69) is 6.20 Å². The Bertz CT molecular complexity index is 1310. The fourth-order valence-corrected chi connectivity index (χ4v) is 5.15. The molecule has 2 aromatic carbocycles. The summed E-state index contributed by atoms with van der Waals surface area (Å²) in [5, 5.41) is 4.79. The minimum Gasteiger partial charge on any atom is -0.497 e. The molecule has 1 saturated heterocycles. The summed E-state index contributed by atoms with van der Waals surface area (Å²) in [7, 11) is -2.03. The van der Waals surface area contributed by atoms with Crippen LogP contribution in [0.2, 0.25) is 0 Å². The van der Waals surface area contributed by atoms with Crippen molar-refractivity contribution in [3.63, 3.8) is 0 Å². The number of methoxy groups -OCH3 is 1. The van der Waals surface area contributed by atoms with Crippen LogP contribution in [0.5, 0.6) is 5.75 Å². The van der Waals surface area contributed by atoms with Gasteiger partial charge in [-0.25, -0.2) is 0 Å². The molecule has 0 N–H and O–H groups in total. The average Bonchev–Trinajstić information content (AvgIpc) is 3.36. The first-order valence-electron chi connectivity index (χ1n) is 10.8. The van der Waals surface area contributed by atoms with Gasteiger partial charge in [0.15, 0.2) is 6.10 Å². The topological polar surface area (TPSA) is 90.7 Å². The molecular weight excluding hydrogens is 442 g/mol. The number of fused-ring (bicyclic) bond motifs is 3. The minimum absolute atomic E-state index is 0.316. The van der Waals surface area contributed by atoms with Crippen molar-refractivity contribution in [3.05, 3.63) is 65.5 Å². The Morgan fingerprint density at radius 1 is 1.09 bits per heavy atom. The van der Waals surface area contributed by atoms with E-state index in [0.29, 0.717) is 19.5 Å². The number of carbonyl (C=O) groups excluding carboxylic acids is 1. The summed E-state index contributed by atoms with van der Waals surface area (Å²) in [4.78, 5) is 14.3. The molecule has 3 aromatic rings. The van der Waals surface area contributed by atoms with E-state index in [1.54, 1.807) is 12.0 Å². The molecule has 172 valence electrons. The molecule has 1 aliphatic heterocycles. The molecule has 8 nitrogen and oxygen atoms in total. The molecule has 0 bridgehead atoms. The maximum absolute atomic E-state index is 12.7. The summed E-state index contributed by atoms with van der Waals surface area (Å²) in [5.41, 5.74) is 6.38. The van der Waals surface area contributed by atoms with Crippen LogP contribution < -0.4 is 9.64 Å². The van der Waals surface area contributed by atoms with Gasteiger partial charge in [0, 0.05) is 30.4 Å². The molecule has 1 aromatic heterocycles. The second-order valence-corrected chi connectivity index (χ2v) is 10.0. The summed E-state index contributed by atoms with van der Waals surface area (Å²) in [6.07, 6.45) is 4.11. The number of amides is 1. The normalized spacial score (nSPS) is 17.7. The number of benzene rings is 2. The Morgan fingerprint density at radius 3 is 2.61 bits per heavy atom. The van der Waals surface area contributed by atoms with E-state index in [1.165, 1.54) is 0 Å². The first-order chi connectivity index (χ1) is 15.8. The van der Waals surface area contributed by atoms with E-state index in [1.807, 2.05) is 47.1 Å². The van der Waals surface area contributed by atoms with Crippen LogP contribution in [0.3, 0.4) is 0 Å². The first kappa shape index (κ1) is 21.7. The van der Waals surface area contributed by atoms with Crippen molar-refractivity contribution in [3.8, 4) is 16.9 Å². The highest BCUT2D eigenvalue weighted by Gasteiger charge is 2.36. The smallest absolute Gasteiger partial charge is 0.265 e. The zero-order chi connectivity index (χ0) is 23.2. The van der Waals surface area contributed by atoms with E-state index in [9.17, 15) is 13.2 Å². The predicted octanol–water partition coefficient (Wildman–Crippen LogP) is 2.79. The SMILES string of the molecule is COc1ccc(Cn2cc3c(n2)CCc2cc(N4CC[C@@H](OS(C)(=O)=O)C4=O)ccc2-3)cc1. The van der Waals surface area contributed by atoms with Crippen molar-refractivity contribution in [2.75, 3.05) is 24.8 Å². The lowest BCUT2D eigenvalue weighted by molar-refractivity contribution is -0.122. The third kappa shape index (κ3) is 4.38. The van der Waals surface area contributed by atoms with Crippen molar-refractivity contribution in [1.29, 1.82) is 0 Å². The fourth-order valence-electron chi connectivity index (χ4n) is 4.55. The predicted molar refractivity (Wildman–Crippen MR) is 124 cm³/mol. The molecule has 2 aliphatic rings. The fraction of sp³-hybridized carbons (Fsp3) is 0.333. The second-order valence-electron chi connectivity index (χ2n) is 8.44. The lowest BCUT2D eigenvalue weighted by Crippen LogP contribution is -2.31. The van der Waals surface area contributed by atoms with Crippen molar-refractivity contribution in [2.24, 2.45) is 0 Å². The standard InChI is InChI=1S/C24H25N3O5S/c1-31-19-7-3-16(4-8-19)14-26-15-21-20-9-6-18(13-17(20)5-10-22(21)25-26)27-12-11-23(24(27)28)32-33(2,29)30/h3-4,6-9,13,15,23H,5,10-12,14H2,1-2H3/t23-/m1/s1. The van der Waals surface area contributed by atoms with E-state index in [-0.39, 0.29) is 5.91 Å². The number of aromatic nitrogens is 2. The molecule has 0 spiro atoms. The molecule has 9 heteroatoms. The molecule has 1 amide bonds. The molecule has 1 atom stereocenters. The van der Waals surface area contributed by atoms with E-state index < -0.39 is 16.2 Å². The summed E-state index contributed by atoms with van der Waals surface area (Å²) in [5.74, 6) is 0.512. The van der Waals surface area contributed by atoms with Crippen molar-refractivity contribution in [2.45, 2.75) is 31.9 Å². The maximum atomic E-state index is 12.7. The molecule has 1 aliphatic carbocycles. The molecule has 0 saturated carbocycles. The van der Waals surface area contributed by atoms with Gasteiger partial charge in [0.05, 0.1) is 25.6 Å². The van der Waals surface area contributed by atoms with Gasteiger partial charge in [-0.1, -0.05) is 18.2 Å². The van der Waals surface area contributed by atoms with Crippen molar-refractivity contribution >= 4 is 21.7 Å². The largest absolute Gasteiger partial charge is 0.497 e. The van der Waals surface area contributed by atoms with Gasteiger partial charge >= 0.3 is 0 Å². The van der Waals surface area contributed by atoms with Gasteiger partial charge in [0.2, 0.25) is 0 Å². The number of carbonyl (C=O) groups is 1. The third-order valence-electron chi connectivity index (χ3n) is 6.11. The number of ether oxygens (including phenoxy) is 1. The monoisotopic (exact) mass is 467 g/mol. The number of hydrogen-bond donors (Lipinski definition) is 0. The Balaban J connectivity index is 1.36. The van der Waals surface area contributed by atoms with Gasteiger partial charge in [0.25, 0.3) is 16.0 Å². The first-order valence-corrected chi connectivity index (χ1v) is 12.6. The lowest BCUT2D eigenvalue weighted by atomic mass is 9.89. The van der Waals surface area contributed by atoms with Crippen LogP contribution in [0.1, 0.15) is 23.2 Å². The number of rotatable bonds is 6. The molecule has 5 rings (SSSR count). The Kier molecular flexibility index (Phi) is 5.46. The quantitative estimate of drug-likeness (QED) is 0.518. The number of hydrogen-bond acceptors (Lipinski definition) is 6. The molecule has 2 heterocycles. The zero-order valence-electron chi connectivity index (χ0n) is 18.5. The van der Waals surface area contributed by atoms with Crippen LogP contribution in [-0.2, 0) is 38.5 Å². The highest BCUT2D eigenvalue weighted by molar-refractivity contribution is 7.86. The highest BCUT2D eigenvalue weighted by atomic mass is 32.2. The lowest BCUT2D eigenvalue weighted by Gasteiger charge is -2.21. The second kappa shape index (κ2) is 8.31. The third-order valence-corrected chi connectivity index (χ3v) is 6.69. The van der Waals surface area contributed by atoms with Gasteiger partial charge in [-0.3, -0.25) is 13.7 Å². The highest BCUT2D eigenvalue weighted by Crippen LogP contribution is 2.36. The Hall–Kier alpha value is -3.17. The van der Waals surface area contributed by atoms with Gasteiger partial charge in [-0.15, -0.1) is 0 Å². The van der Waals surface area contributed by atoms with E-state index in [4.69, 9.17) is 14.0 Å². The molecule has 0 radical (unpaired) electrons. The average molecular weight is 468 g/mol. The summed E-state index contributed by atoms with van der Waals surface area (Å²) in [6, 6.07) is 13.9. The number of anilines is 1. The van der Waals surface area contributed by atoms with E-state index in [0.717, 1.165) is 58.5 Å². The van der Waals surface area contributed by atoms with Crippen molar-refractivity contribution < 1.29 is 22.1 Å². The summed E-state index contributed by atoms with van der Waals surface area (Å²) >= 11 is 0. The van der Waals surface area contributed by atoms with Gasteiger partial charge in [-0.05, 0) is 53.8 Å². The summed E-state index contributed by atoms with van der Waals surface area (Å²) in [6.45, 7) is 1.11. The maximum Gasteiger partial charge on any atom is 0.265 e. The Labute approximate surface area is 192 Å². The number of nitrogens with zero attached hydrogens (tertiary/aromatic N) is 3. The molecule has 33 heavy (non-hydrogen) atoms. The van der Waals surface area contributed by atoms with Crippen molar-refractivity contribution in [1.82, 2.24) is 9.78 Å². The van der Waals surface area contributed by atoms with Gasteiger partial charge in [-0.2, -0.15) is 13.5 Å². The van der Waals surface area contributed by atoms with Gasteiger partial charge < -0.3 is 9.64 Å². The van der Waals surface area contributed by atoms with Crippen LogP contribution in [0.4, 0.5) is 5.69 Å². The molecule has 0 unspecified atom stereocenters. The van der Waals surface area contributed by atoms with Gasteiger partial charge in [0.1, 0.15) is 5.75 Å². The number of aryl methyl sites for hydroxylation is 2. The van der Waals surface area contributed by atoms with Crippen LogP contribution in [0.25, 0.3) is 11.1 Å². The summed E-state index contributed by atoms with van der Waals surface area (Å²) < 4.78 is 35.0. The van der Waals surface area contributed by atoms with Crippen LogP contribution >= 0.6 is 0 Å². The van der Waals surface area contributed by atoms with Crippen LogP contribution in [0.15, 0.2) is 48.7 Å². The molecule has 1 fully saturated rings. The Morgan fingerprint density at radius 2 is 1.88 bits per heavy atom. The van der Waals surface area contributed by atoms with E-state index >= 15 is 0 Å².